The van der Waals surface area contributed by atoms with Crippen molar-refractivity contribution < 1.29 is 9.47 Å². The predicted molar refractivity (Wildman–Crippen MR) is 244 cm³/mol. The van der Waals surface area contributed by atoms with Crippen LogP contribution in [0.25, 0.3) is 11.1 Å². The fourth-order valence-electron chi connectivity index (χ4n) is 9.29. The molecule has 1 aromatic heterocycles. The molecule has 0 amide bonds. The van der Waals surface area contributed by atoms with Gasteiger partial charge in [-0.15, -0.1) is 0 Å². The van der Waals surface area contributed by atoms with Crippen LogP contribution in [0.5, 0.6) is 11.5 Å². The monoisotopic (exact) mass is 776 g/mol. The summed E-state index contributed by atoms with van der Waals surface area (Å²) in [5.41, 5.74) is 11.4. The third kappa shape index (κ3) is 7.82. The number of hydrogen-bond acceptors (Lipinski definition) is 5. The van der Waals surface area contributed by atoms with Crippen LogP contribution in [0.3, 0.4) is 0 Å². The van der Waals surface area contributed by atoms with Crippen molar-refractivity contribution in [1.29, 1.82) is 0 Å². The molecule has 0 spiro atoms. The summed E-state index contributed by atoms with van der Waals surface area (Å²) in [5.74, 6) is 4.29. The Bertz CT molecular complexity index is 2280. The number of fused-ring (bicyclic) bond motifs is 2. The van der Waals surface area contributed by atoms with E-state index in [0.717, 1.165) is 65.5 Å². The summed E-state index contributed by atoms with van der Waals surface area (Å²) >= 11 is 0. The first-order valence-electron chi connectivity index (χ1n) is 21.8. The van der Waals surface area contributed by atoms with Gasteiger partial charge in [0.05, 0.1) is 16.9 Å². The SMILES string of the molecule is CCCC(CCC)[C@]1(C)COC(c2cc(Oc3ccc4c(c3)N(c3cc(C(C)(C)C)ccn3)c3ccccc3C4(C)C)cc(-c3c(C(C)C)cccc3C(C)C)c2)=N1. The molecule has 1 atom stereocenters. The highest BCUT2D eigenvalue weighted by molar-refractivity contribution is 5.97. The minimum Gasteiger partial charge on any atom is -0.475 e. The lowest BCUT2D eigenvalue weighted by atomic mass is 9.73. The van der Waals surface area contributed by atoms with E-state index in [1.54, 1.807) is 0 Å². The van der Waals surface area contributed by atoms with Gasteiger partial charge in [-0.3, -0.25) is 4.90 Å². The number of hydrogen-bond donors (Lipinski definition) is 0. The summed E-state index contributed by atoms with van der Waals surface area (Å²) in [6.07, 6.45) is 6.51. The van der Waals surface area contributed by atoms with Gasteiger partial charge in [0.25, 0.3) is 0 Å². The maximum absolute atomic E-state index is 7.04. The maximum Gasteiger partial charge on any atom is 0.216 e. The predicted octanol–water partition coefficient (Wildman–Crippen LogP) is 14.9. The van der Waals surface area contributed by atoms with Crippen LogP contribution in [-0.2, 0) is 15.6 Å². The molecule has 0 saturated heterocycles. The molecule has 0 unspecified atom stereocenters. The van der Waals surface area contributed by atoms with Crippen molar-refractivity contribution in [3.63, 3.8) is 0 Å². The first-order chi connectivity index (χ1) is 27.6. The number of nitrogens with zero attached hydrogens (tertiary/aromatic N) is 3. The molecule has 2 aliphatic rings. The third-order valence-electron chi connectivity index (χ3n) is 12.6. The molecule has 3 heterocycles. The molecule has 304 valence electrons. The summed E-state index contributed by atoms with van der Waals surface area (Å²) < 4.78 is 13.6. The molecule has 5 heteroatoms. The number of aromatic nitrogens is 1. The normalized spacial score (nSPS) is 17.4. The third-order valence-corrected chi connectivity index (χ3v) is 12.6. The van der Waals surface area contributed by atoms with Crippen molar-refractivity contribution in [3.05, 3.63) is 131 Å². The molecule has 58 heavy (non-hydrogen) atoms. The van der Waals surface area contributed by atoms with Gasteiger partial charge >= 0.3 is 0 Å². The van der Waals surface area contributed by atoms with E-state index in [1.165, 1.54) is 33.4 Å². The van der Waals surface area contributed by atoms with Gasteiger partial charge in [0, 0.05) is 23.2 Å². The largest absolute Gasteiger partial charge is 0.475 e. The lowest BCUT2D eigenvalue weighted by Crippen LogP contribution is -2.34. The molecule has 2 aliphatic heterocycles. The van der Waals surface area contributed by atoms with Gasteiger partial charge in [0.15, 0.2) is 0 Å². The molecule has 0 saturated carbocycles. The van der Waals surface area contributed by atoms with Crippen molar-refractivity contribution in [2.75, 3.05) is 11.5 Å². The number of aliphatic imine (C=N–C) groups is 1. The summed E-state index contributed by atoms with van der Waals surface area (Å²) in [6, 6.07) is 33.1. The highest BCUT2D eigenvalue weighted by atomic mass is 16.5. The van der Waals surface area contributed by atoms with Crippen molar-refractivity contribution in [3.8, 4) is 22.6 Å². The van der Waals surface area contributed by atoms with Gasteiger partial charge in [-0.25, -0.2) is 9.98 Å². The highest BCUT2D eigenvalue weighted by Gasteiger charge is 2.40. The molecule has 5 nitrogen and oxygen atoms in total. The fourth-order valence-corrected chi connectivity index (χ4v) is 9.29. The van der Waals surface area contributed by atoms with E-state index in [1.807, 2.05) is 6.20 Å². The van der Waals surface area contributed by atoms with Crippen molar-refractivity contribution in [2.45, 2.75) is 137 Å². The fraction of sp³-hybridized carbons (Fsp3) is 0.434. The minimum absolute atomic E-state index is 0.0237. The van der Waals surface area contributed by atoms with Gasteiger partial charge in [0.2, 0.25) is 5.90 Å². The van der Waals surface area contributed by atoms with Crippen molar-refractivity contribution in [2.24, 2.45) is 10.9 Å². The molecular weight excluding hydrogens is 711 g/mol. The van der Waals surface area contributed by atoms with E-state index in [-0.39, 0.29) is 16.4 Å². The smallest absolute Gasteiger partial charge is 0.216 e. The Labute approximate surface area is 349 Å². The number of benzene rings is 4. The number of para-hydroxylation sites is 1. The van der Waals surface area contributed by atoms with E-state index in [4.69, 9.17) is 19.5 Å². The minimum atomic E-state index is -0.263. The molecule has 0 N–H and O–H groups in total. The lowest BCUT2D eigenvalue weighted by molar-refractivity contribution is 0.188. The first-order valence-corrected chi connectivity index (χ1v) is 21.8. The van der Waals surface area contributed by atoms with Crippen LogP contribution in [-0.4, -0.2) is 23.0 Å². The van der Waals surface area contributed by atoms with Crippen LogP contribution < -0.4 is 9.64 Å². The first kappa shape index (κ1) is 41.3. The average molecular weight is 776 g/mol. The van der Waals surface area contributed by atoms with Crippen LogP contribution in [0.4, 0.5) is 17.2 Å². The maximum atomic E-state index is 7.04. The molecule has 4 aromatic carbocycles. The Balaban J connectivity index is 1.39. The van der Waals surface area contributed by atoms with Crippen LogP contribution in [0.1, 0.15) is 154 Å². The van der Waals surface area contributed by atoms with Crippen LogP contribution in [0.15, 0.2) is 102 Å². The van der Waals surface area contributed by atoms with Gasteiger partial charge < -0.3 is 9.47 Å². The second kappa shape index (κ2) is 16.0. The Morgan fingerprint density at radius 3 is 2.03 bits per heavy atom. The Hall–Kier alpha value is -4.90. The number of rotatable bonds is 12. The highest BCUT2D eigenvalue weighted by Crippen LogP contribution is 2.53. The summed E-state index contributed by atoms with van der Waals surface area (Å²) in [5, 5.41) is 0. The van der Waals surface area contributed by atoms with Gasteiger partial charge in [-0.2, -0.15) is 0 Å². The topological polar surface area (TPSA) is 47.0 Å². The second-order valence-corrected chi connectivity index (χ2v) is 19.1. The number of pyridine rings is 1. The van der Waals surface area contributed by atoms with E-state index >= 15 is 0 Å². The van der Waals surface area contributed by atoms with Crippen LogP contribution >= 0.6 is 0 Å². The molecule has 7 rings (SSSR count). The molecule has 0 fully saturated rings. The zero-order valence-corrected chi connectivity index (χ0v) is 37.2. The summed E-state index contributed by atoms with van der Waals surface area (Å²) in [7, 11) is 0. The van der Waals surface area contributed by atoms with E-state index in [2.05, 4.69) is 179 Å². The summed E-state index contributed by atoms with van der Waals surface area (Å²) in [4.78, 5) is 12.7. The summed E-state index contributed by atoms with van der Waals surface area (Å²) in [6.45, 7) is 28.0. The number of ether oxygens (including phenoxy) is 2. The van der Waals surface area contributed by atoms with Crippen LogP contribution in [0.2, 0.25) is 0 Å². The van der Waals surface area contributed by atoms with Gasteiger partial charge in [0.1, 0.15) is 23.9 Å². The van der Waals surface area contributed by atoms with E-state index in [9.17, 15) is 0 Å². The second-order valence-electron chi connectivity index (χ2n) is 19.1. The van der Waals surface area contributed by atoms with Crippen molar-refractivity contribution in [1.82, 2.24) is 4.98 Å². The Morgan fingerprint density at radius 1 is 0.724 bits per heavy atom. The Kier molecular flexibility index (Phi) is 11.4. The zero-order chi connectivity index (χ0) is 41.6. The molecule has 0 radical (unpaired) electrons. The van der Waals surface area contributed by atoms with Crippen LogP contribution in [0, 0.1) is 5.92 Å². The van der Waals surface area contributed by atoms with E-state index < -0.39 is 0 Å². The van der Waals surface area contributed by atoms with Gasteiger partial charge in [-0.1, -0.05) is 131 Å². The zero-order valence-electron chi connectivity index (χ0n) is 37.2. The molecule has 5 aromatic rings. The lowest BCUT2D eigenvalue weighted by Gasteiger charge is -2.41. The number of anilines is 3. The average Bonchev–Trinajstić information content (AvgIpc) is 3.60. The molecular formula is C53H65N3O2. The molecule has 0 bridgehead atoms. The van der Waals surface area contributed by atoms with E-state index in [0.29, 0.717) is 30.3 Å². The van der Waals surface area contributed by atoms with Gasteiger partial charge in [-0.05, 0) is 124 Å². The standard InChI is InChI=1S/C53H65N3O2/c1-13-18-38(19-14-2)53(12)33-57-50(55-53)37-28-36(49-42(34(3)4)20-17-21-43(49)35(5)6)29-41(30-37)58-40-24-25-45-47(32-40)56(46-23-16-15-22-44(46)52(45,10)11)48-31-39(26-27-54-48)51(7,8)9/h15-17,20-32,34-35,38H,13-14,18-19,33H2,1-12H3/t53-/m0/s1. The quantitative estimate of drug-likeness (QED) is 0.127. The van der Waals surface area contributed by atoms with Crippen molar-refractivity contribution >= 4 is 23.1 Å². The Morgan fingerprint density at radius 2 is 1.38 bits per heavy atom. The molecule has 0 aliphatic carbocycles.